The molecule has 0 heterocycles. The number of ether oxygens (including phenoxy) is 2. The number of rotatable bonds is 11. The van der Waals surface area contributed by atoms with Gasteiger partial charge in [0.2, 0.25) is 0 Å². The van der Waals surface area contributed by atoms with E-state index in [2.05, 4.69) is 5.32 Å². The van der Waals surface area contributed by atoms with Crippen LogP contribution in [0.4, 0.5) is 5.69 Å². The van der Waals surface area contributed by atoms with Crippen LogP contribution in [0.15, 0.2) is 97.1 Å². The van der Waals surface area contributed by atoms with Crippen molar-refractivity contribution in [2.24, 2.45) is 0 Å². The van der Waals surface area contributed by atoms with Crippen molar-refractivity contribution in [1.29, 1.82) is 0 Å². The molecular weight excluding hydrogens is 482 g/mol. The first-order chi connectivity index (χ1) is 18.4. The lowest BCUT2D eigenvalue weighted by atomic mass is 9.90. The number of hydrogen-bond acceptors (Lipinski definition) is 5. The molecule has 4 aromatic carbocycles. The lowest BCUT2D eigenvalue weighted by molar-refractivity contribution is -0.139. The van der Waals surface area contributed by atoms with E-state index in [1.54, 1.807) is 37.4 Å². The standard InChI is InChI=1S/C31H29NO6/c1-37-27-18-22(13-14-24(27)17-25(30(33)34)20-9-5-3-6-10-20)23-15-16-26(28(19-23)38-2)32-29(31(35)36)21-11-7-4-8-12-21/h3-16,18-19,25,29,32H,17H2,1-2H3,(H,33,34)(H,35,36). The van der Waals surface area contributed by atoms with Gasteiger partial charge in [-0.25, -0.2) is 4.79 Å². The van der Waals surface area contributed by atoms with Crippen LogP contribution in [0.5, 0.6) is 11.5 Å². The van der Waals surface area contributed by atoms with E-state index in [0.29, 0.717) is 22.7 Å². The van der Waals surface area contributed by atoms with E-state index in [1.165, 1.54) is 7.11 Å². The van der Waals surface area contributed by atoms with Gasteiger partial charge in [0.1, 0.15) is 11.5 Å². The molecule has 0 amide bonds. The van der Waals surface area contributed by atoms with Gasteiger partial charge in [0.25, 0.3) is 0 Å². The number of carboxylic acids is 2. The molecular formula is C31H29NO6. The lowest BCUT2D eigenvalue weighted by Gasteiger charge is -2.19. The Labute approximate surface area is 221 Å². The first-order valence-corrected chi connectivity index (χ1v) is 12.1. The molecule has 2 unspecified atom stereocenters. The molecule has 3 N–H and O–H groups in total. The zero-order valence-corrected chi connectivity index (χ0v) is 21.1. The minimum atomic E-state index is -1.00. The molecule has 4 rings (SSSR count). The lowest BCUT2D eigenvalue weighted by Crippen LogP contribution is -2.20. The van der Waals surface area contributed by atoms with Gasteiger partial charge >= 0.3 is 11.9 Å². The van der Waals surface area contributed by atoms with Gasteiger partial charge in [-0.1, -0.05) is 78.9 Å². The van der Waals surface area contributed by atoms with Crippen LogP contribution in [0.25, 0.3) is 11.1 Å². The molecule has 0 aliphatic carbocycles. The van der Waals surface area contributed by atoms with Crippen LogP contribution in [0.3, 0.4) is 0 Å². The maximum Gasteiger partial charge on any atom is 0.330 e. The van der Waals surface area contributed by atoms with E-state index in [-0.39, 0.29) is 6.42 Å². The second kappa shape index (κ2) is 12.0. The van der Waals surface area contributed by atoms with Crippen LogP contribution >= 0.6 is 0 Å². The highest BCUT2D eigenvalue weighted by Gasteiger charge is 2.23. The minimum absolute atomic E-state index is 0.283. The Morgan fingerprint density at radius 1 is 0.711 bits per heavy atom. The van der Waals surface area contributed by atoms with Gasteiger partial charge in [-0.2, -0.15) is 0 Å². The Morgan fingerprint density at radius 2 is 1.26 bits per heavy atom. The number of carboxylic acid groups (broad SMARTS) is 2. The van der Waals surface area contributed by atoms with E-state index >= 15 is 0 Å². The minimum Gasteiger partial charge on any atom is -0.496 e. The fraction of sp³-hybridized carbons (Fsp3) is 0.161. The SMILES string of the molecule is COc1cc(-c2ccc(NC(C(=O)O)c3ccccc3)c(OC)c2)ccc1CC(C(=O)O)c1ccccc1. The van der Waals surface area contributed by atoms with Crippen molar-refractivity contribution >= 4 is 17.6 Å². The fourth-order valence-electron chi connectivity index (χ4n) is 4.42. The van der Waals surface area contributed by atoms with Gasteiger partial charge < -0.3 is 25.0 Å². The van der Waals surface area contributed by atoms with E-state index in [0.717, 1.165) is 22.3 Å². The van der Waals surface area contributed by atoms with Crippen LogP contribution in [0.2, 0.25) is 0 Å². The monoisotopic (exact) mass is 511 g/mol. The van der Waals surface area contributed by atoms with Crippen molar-refractivity contribution in [2.45, 2.75) is 18.4 Å². The van der Waals surface area contributed by atoms with Gasteiger partial charge in [0.15, 0.2) is 6.04 Å². The van der Waals surface area contributed by atoms with Gasteiger partial charge in [-0.15, -0.1) is 0 Å². The van der Waals surface area contributed by atoms with E-state index in [9.17, 15) is 19.8 Å². The molecule has 0 aliphatic heterocycles. The summed E-state index contributed by atoms with van der Waals surface area (Å²) in [6, 6.07) is 28.3. The molecule has 0 radical (unpaired) electrons. The number of carbonyl (C=O) groups is 2. The predicted octanol–water partition coefficient (Wildman–Crippen LogP) is 6.02. The first kappa shape index (κ1) is 26.3. The summed E-state index contributed by atoms with van der Waals surface area (Å²) < 4.78 is 11.2. The molecule has 0 spiro atoms. The summed E-state index contributed by atoms with van der Waals surface area (Å²) >= 11 is 0. The van der Waals surface area contributed by atoms with Gasteiger partial charge in [0.05, 0.1) is 25.8 Å². The Balaban J connectivity index is 1.61. The maximum absolute atomic E-state index is 12.0. The summed E-state index contributed by atoms with van der Waals surface area (Å²) in [5, 5.41) is 22.7. The zero-order valence-electron chi connectivity index (χ0n) is 21.1. The Hall–Kier alpha value is -4.78. The van der Waals surface area contributed by atoms with Crippen LogP contribution in [-0.4, -0.2) is 36.4 Å². The molecule has 2 atom stereocenters. The summed E-state index contributed by atoms with van der Waals surface area (Å²) in [5.74, 6) is -1.53. The van der Waals surface area contributed by atoms with E-state index in [4.69, 9.17) is 9.47 Å². The van der Waals surface area contributed by atoms with Gasteiger partial charge in [-0.05, 0) is 52.4 Å². The summed E-state index contributed by atoms with van der Waals surface area (Å²) in [6.07, 6.45) is 0.283. The quantitative estimate of drug-likeness (QED) is 0.226. The van der Waals surface area contributed by atoms with Crippen molar-refractivity contribution in [3.05, 3.63) is 114 Å². The Kier molecular flexibility index (Phi) is 8.28. The molecule has 194 valence electrons. The van der Waals surface area contributed by atoms with Crippen LogP contribution in [0, 0.1) is 0 Å². The topological polar surface area (TPSA) is 105 Å². The van der Waals surface area contributed by atoms with Crippen LogP contribution < -0.4 is 14.8 Å². The molecule has 0 bridgehead atoms. The van der Waals surface area contributed by atoms with Crippen LogP contribution in [0.1, 0.15) is 28.7 Å². The molecule has 0 aromatic heterocycles. The Bertz CT molecular complexity index is 1300. The largest absolute Gasteiger partial charge is 0.496 e. The normalized spacial score (nSPS) is 12.3. The summed E-state index contributed by atoms with van der Waals surface area (Å²) in [7, 11) is 3.09. The van der Waals surface area contributed by atoms with Crippen molar-refractivity contribution in [3.63, 3.8) is 0 Å². The molecule has 7 heteroatoms. The number of aliphatic carboxylic acids is 2. The fourth-order valence-corrected chi connectivity index (χ4v) is 4.42. The number of methoxy groups -OCH3 is 2. The highest BCUT2D eigenvalue weighted by molar-refractivity contribution is 5.81. The molecule has 0 saturated heterocycles. The predicted molar refractivity (Wildman–Crippen MR) is 146 cm³/mol. The third kappa shape index (κ3) is 5.95. The zero-order chi connectivity index (χ0) is 27.1. The number of hydrogen-bond donors (Lipinski definition) is 3. The molecule has 7 nitrogen and oxygen atoms in total. The highest BCUT2D eigenvalue weighted by Crippen LogP contribution is 2.36. The smallest absolute Gasteiger partial charge is 0.330 e. The van der Waals surface area contributed by atoms with E-state index in [1.807, 2.05) is 66.7 Å². The molecule has 0 aliphatic rings. The average molecular weight is 512 g/mol. The molecule has 0 fully saturated rings. The highest BCUT2D eigenvalue weighted by atomic mass is 16.5. The third-order valence-corrected chi connectivity index (χ3v) is 6.43. The van der Waals surface area contributed by atoms with Gasteiger partial charge in [-0.3, -0.25) is 4.79 Å². The molecule has 4 aromatic rings. The molecule has 38 heavy (non-hydrogen) atoms. The van der Waals surface area contributed by atoms with Crippen molar-refractivity contribution in [2.75, 3.05) is 19.5 Å². The van der Waals surface area contributed by atoms with E-state index < -0.39 is 23.9 Å². The number of anilines is 1. The van der Waals surface area contributed by atoms with Crippen LogP contribution in [-0.2, 0) is 16.0 Å². The maximum atomic E-state index is 12.0. The summed E-state index contributed by atoms with van der Waals surface area (Å²) in [4.78, 5) is 24.0. The second-order valence-electron chi connectivity index (χ2n) is 8.77. The molecule has 0 saturated carbocycles. The van der Waals surface area contributed by atoms with Crippen molar-refractivity contribution in [3.8, 4) is 22.6 Å². The number of nitrogens with one attached hydrogen (secondary N) is 1. The summed E-state index contributed by atoms with van der Waals surface area (Å²) in [5.41, 5.74) is 4.37. The average Bonchev–Trinajstić information content (AvgIpc) is 2.95. The second-order valence-corrected chi connectivity index (χ2v) is 8.77. The Morgan fingerprint density at radius 3 is 1.82 bits per heavy atom. The third-order valence-electron chi connectivity index (χ3n) is 6.43. The van der Waals surface area contributed by atoms with Crippen molar-refractivity contribution < 1.29 is 29.3 Å². The van der Waals surface area contributed by atoms with Gasteiger partial charge in [0, 0.05) is 0 Å². The number of benzene rings is 4. The first-order valence-electron chi connectivity index (χ1n) is 12.1. The van der Waals surface area contributed by atoms with Crippen molar-refractivity contribution in [1.82, 2.24) is 0 Å². The summed E-state index contributed by atoms with van der Waals surface area (Å²) in [6.45, 7) is 0.